The highest BCUT2D eigenvalue weighted by Gasteiger charge is 2.28. The van der Waals surface area contributed by atoms with E-state index >= 15 is 0 Å². The van der Waals surface area contributed by atoms with Gasteiger partial charge in [-0.3, -0.25) is 14.3 Å². The lowest BCUT2D eigenvalue weighted by molar-refractivity contribution is -0.132. The van der Waals surface area contributed by atoms with Gasteiger partial charge in [0.25, 0.3) is 0 Å². The largest absolute Gasteiger partial charge is 0.382 e. The first kappa shape index (κ1) is 18.5. The van der Waals surface area contributed by atoms with Crippen LogP contribution in [0.3, 0.4) is 0 Å². The number of nitrogens with one attached hydrogen (secondary N) is 1. The first-order valence-corrected chi connectivity index (χ1v) is 10.0. The van der Waals surface area contributed by atoms with E-state index in [1.54, 1.807) is 16.9 Å². The summed E-state index contributed by atoms with van der Waals surface area (Å²) in [6.07, 6.45) is 9.67. The number of aryl methyl sites for hydroxylation is 1. The van der Waals surface area contributed by atoms with Crippen LogP contribution in [0.1, 0.15) is 48.3 Å². The maximum absolute atomic E-state index is 12.5. The highest BCUT2D eigenvalue weighted by molar-refractivity contribution is 5.96. The minimum Gasteiger partial charge on any atom is -0.382 e. The molecule has 0 aromatic carbocycles. The minimum absolute atomic E-state index is 0.0219. The van der Waals surface area contributed by atoms with Gasteiger partial charge >= 0.3 is 0 Å². The molecule has 0 radical (unpaired) electrons. The van der Waals surface area contributed by atoms with Crippen LogP contribution in [0.2, 0.25) is 0 Å². The molecule has 4 rings (SSSR count). The van der Waals surface area contributed by atoms with Crippen LogP contribution in [0.5, 0.6) is 0 Å². The average Bonchev–Trinajstić information content (AvgIpc) is 3.36. The van der Waals surface area contributed by atoms with Crippen molar-refractivity contribution < 1.29 is 9.59 Å². The lowest BCUT2D eigenvalue weighted by atomic mass is 9.91. The van der Waals surface area contributed by atoms with Crippen LogP contribution < -0.4 is 5.32 Å². The molecular weight excluding hydrogens is 354 g/mol. The lowest BCUT2D eigenvalue weighted by Crippen LogP contribution is -2.40. The van der Waals surface area contributed by atoms with Gasteiger partial charge in [0.1, 0.15) is 5.69 Å². The summed E-state index contributed by atoms with van der Waals surface area (Å²) < 4.78 is 3.79. The molecule has 0 spiro atoms. The molecular formula is C21H27N5O2. The summed E-state index contributed by atoms with van der Waals surface area (Å²) in [6, 6.07) is 5.92. The molecule has 7 heteroatoms. The van der Waals surface area contributed by atoms with E-state index in [0.717, 1.165) is 32.2 Å². The Morgan fingerprint density at radius 2 is 2.04 bits per heavy atom. The van der Waals surface area contributed by atoms with Crippen LogP contribution >= 0.6 is 0 Å². The van der Waals surface area contributed by atoms with Crippen LogP contribution in [0.15, 0.2) is 36.3 Å². The third kappa shape index (κ3) is 4.03. The second-order valence-corrected chi connectivity index (χ2v) is 7.66. The Kier molecular flexibility index (Phi) is 5.32. The predicted octanol–water partition coefficient (Wildman–Crippen LogP) is 2.42. The van der Waals surface area contributed by atoms with Crippen LogP contribution in [-0.2, 0) is 18.4 Å². The van der Waals surface area contributed by atoms with Crippen LogP contribution in [0.4, 0.5) is 0 Å². The van der Waals surface area contributed by atoms with Gasteiger partial charge in [0.15, 0.2) is 5.78 Å². The fourth-order valence-corrected chi connectivity index (χ4v) is 4.01. The monoisotopic (exact) mass is 381 g/mol. The normalized spacial score (nSPS) is 17.0. The number of carbonyl (C=O) groups excluding carboxylic acids is 2. The van der Waals surface area contributed by atoms with Crippen molar-refractivity contribution in [1.82, 2.24) is 24.6 Å². The Labute approximate surface area is 165 Å². The molecule has 0 bridgehead atoms. The second-order valence-electron chi connectivity index (χ2n) is 7.66. The second kappa shape index (κ2) is 8.04. The van der Waals surface area contributed by atoms with Gasteiger partial charge in [0, 0.05) is 62.5 Å². The number of aromatic nitrogens is 3. The van der Waals surface area contributed by atoms with Crippen molar-refractivity contribution in [2.24, 2.45) is 13.0 Å². The van der Waals surface area contributed by atoms with Gasteiger partial charge in [0.2, 0.25) is 5.91 Å². The minimum atomic E-state index is -0.0219. The van der Waals surface area contributed by atoms with E-state index in [-0.39, 0.29) is 17.6 Å². The molecule has 1 N–H and O–H groups in total. The molecule has 0 saturated carbocycles. The molecule has 2 aliphatic heterocycles. The number of fused-ring (bicyclic) bond motifs is 1. The van der Waals surface area contributed by atoms with Crippen molar-refractivity contribution in [3.05, 3.63) is 47.7 Å². The fraction of sp³-hybridized carbons (Fsp3) is 0.476. The SMILES string of the molecule is Cn1ccc(C(=O)C2CCN(C(=O)CCCC3=Cn4cccc4CN3)CC2)n1. The third-order valence-electron chi connectivity index (χ3n) is 5.68. The standard InChI is InChI=1S/C21H27N5O2/c1-24-11-9-19(23-24)21(28)16-7-12-25(13-8-16)20(27)6-2-4-17-15-26-10-3-5-18(26)14-22-17/h3,5,9-11,15-16,22H,2,4,6-8,12-14H2,1H3. The molecule has 28 heavy (non-hydrogen) atoms. The van der Waals surface area contributed by atoms with Crippen molar-refractivity contribution in [2.75, 3.05) is 13.1 Å². The molecule has 2 aromatic rings. The van der Waals surface area contributed by atoms with Crippen LogP contribution in [0.25, 0.3) is 6.20 Å². The summed E-state index contributed by atoms with van der Waals surface area (Å²) in [5, 5.41) is 7.63. The van der Waals surface area contributed by atoms with Crippen LogP contribution in [0, 0.1) is 5.92 Å². The Morgan fingerprint density at radius 1 is 1.21 bits per heavy atom. The number of allylic oxidation sites excluding steroid dienone is 1. The van der Waals surface area contributed by atoms with E-state index in [1.807, 2.05) is 18.0 Å². The van der Waals surface area contributed by atoms with E-state index in [2.05, 4.69) is 33.4 Å². The molecule has 2 aliphatic rings. The Hall–Kier alpha value is -2.83. The van der Waals surface area contributed by atoms with E-state index in [1.165, 1.54) is 11.4 Å². The molecule has 1 amide bonds. The molecule has 7 nitrogen and oxygen atoms in total. The summed E-state index contributed by atoms with van der Waals surface area (Å²) in [5.41, 5.74) is 2.96. The van der Waals surface area contributed by atoms with Crippen molar-refractivity contribution in [2.45, 2.75) is 38.6 Å². The van der Waals surface area contributed by atoms with Gasteiger partial charge in [-0.05, 0) is 43.9 Å². The van der Waals surface area contributed by atoms with Gasteiger partial charge in [-0.25, -0.2) is 0 Å². The van der Waals surface area contributed by atoms with Crippen molar-refractivity contribution in [3.63, 3.8) is 0 Å². The number of rotatable bonds is 6. The van der Waals surface area contributed by atoms with Gasteiger partial charge in [0.05, 0.1) is 6.54 Å². The Morgan fingerprint density at radius 3 is 2.79 bits per heavy atom. The zero-order valence-corrected chi connectivity index (χ0v) is 16.3. The number of hydrogen-bond donors (Lipinski definition) is 1. The number of piperidine rings is 1. The maximum Gasteiger partial charge on any atom is 0.222 e. The van der Waals surface area contributed by atoms with Crippen molar-refractivity contribution in [3.8, 4) is 0 Å². The fourth-order valence-electron chi connectivity index (χ4n) is 4.01. The number of nitrogens with zero attached hydrogens (tertiary/aromatic N) is 4. The van der Waals surface area contributed by atoms with Crippen molar-refractivity contribution >= 4 is 17.9 Å². The van der Waals surface area contributed by atoms with Crippen molar-refractivity contribution in [1.29, 1.82) is 0 Å². The molecule has 4 heterocycles. The average molecular weight is 381 g/mol. The molecule has 2 aromatic heterocycles. The number of hydrogen-bond acceptors (Lipinski definition) is 4. The highest BCUT2D eigenvalue weighted by atomic mass is 16.2. The first-order chi connectivity index (χ1) is 13.6. The van der Waals surface area contributed by atoms with Crippen LogP contribution in [-0.4, -0.2) is 44.0 Å². The smallest absolute Gasteiger partial charge is 0.222 e. The zero-order chi connectivity index (χ0) is 19.5. The number of Topliss-reactive ketones (excluding diaryl/α,β-unsaturated/α-hetero) is 1. The van der Waals surface area contributed by atoms with E-state index < -0.39 is 0 Å². The molecule has 0 unspecified atom stereocenters. The van der Waals surface area contributed by atoms with Gasteiger partial charge in [-0.1, -0.05) is 0 Å². The lowest BCUT2D eigenvalue weighted by Gasteiger charge is -2.31. The summed E-state index contributed by atoms with van der Waals surface area (Å²) in [6.45, 7) is 2.16. The van der Waals surface area contributed by atoms with E-state index in [4.69, 9.17) is 0 Å². The first-order valence-electron chi connectivity index (χ1n) is 10.0. The Bertz CT molecular complexity index is 886. The molecule has 0 atom stereocenters. The number of carbonyl (C=O) groups is 2. The Balaban J connectivity index is 1.21. The number of amides is 1. The third-order valence-corrected chi connectivity index (χ3v) is 5.68. The molecule has 148 valence electrons. The summed E-state index contributed by atoms with van der Waals surface area (Å²) >= 11 is 0. The maximum atomic E-state index is 12.5. The summed E-state index contributed by atoms with van der Waals surface area (Å²) in [5.74, 6) is 0.278. The summed E-state index contributed by atoms with van der Waals surface area (Å²) in [4.78, 5) is 26.9. The highest BCUT2D eigenvalue weighted by Crippen LogP contribution is 2.22. The predicted molar refractivity (Wildman–Crippen MR) is 106 cm³/mol. The quantitative estimate of drug-likeness (QED) is 0.780. The van der Waals surface area contributed by atoms with Gasteiger partial charge in [-0.2, -0.15) is 5.10 Å². The zero-order valence-electron chi connectivity index (χ0n) is 16.3. The summed E-state index contributed by atoms with van der Waals surface area (Å²) in [7, 11) is 1.81. The van der Waals surface area contributed by atoms with Gasteiger partial charge in [-0.15, -0.1) is 0 Å². The molecule has 1 saturated heterocycles. The number of likely N-dealkylation sites (tertiary alicyclic amines) is 1. The van der Waals surface area contributed by atoms with Gasteiger partial charge < -0.3 is 14.8 Å². The topological polar surface area (TPSA) is 72.2 Å². The number of ketones is 1. The molecule has 0 aliphatic carbocycles. The molecule has 1 fully saturated rings. The van der Waals surface area contributed by atoms with E-state index in [0.29, 0.717) is 25.2 Å². The van der Waals surface area contributed by atoms with E-state index in [9.17, 15) is 9.59 Å².